The van der Waals surface area contributed by atoms with Crippen LogP contribution in [0, 0.1) is 0 Å². The fraction of sp³-hybridized carbons (Fsp3) is 0.474. The minimum Gasteiger partial charge on any atom is -0.451 e. The van der Waals surface area contributed by atoms with Crippen LogP contribution in [0.2, 0.25) is 0 Å². The first-order valence-electron chi connectivity index (χ1n) is 8.50. The molecule has 1 saturated carbocycles. The van der Waals surface area contributed by atoms with Gasteiger partial charge >= 0.3 is 5.97 Å². The highest BCUT2D eigenvalue weighted by Gasteiger charge is 2.48. The summed E-state index contributed by atoms with van der Waals surface area (Å²) in [5, 5.41) is 2.97. The van der Waals surface area contributed by atoms with Crippen molar-refractivity contribution in [2.75, 3.05) is 0 Å². The summed E-state index contributed by atoms with van der Waals surface area (Å²) in [5.74, 6) is -0.529. The molecule has 1 aliphatic heterocycles. The summed E-state index contributed by atoms with van der Waals surface area (Å²) >= 11 is 3.49. The van der Waals surface area contributed by atoms with E-state index < -0.39 is 5.60 Å². The third-order valence-electron chi connectivity index (χ3n) is 4.96. The molecule has 1 amide bonds. The molecule has 0 radical (unpaired) electrons. The van der Waals surface area contributed by atoms with E-state index in [0.29, 0.717) is 17.7 Å². The molecular formula is C19H22BrNO3. The molecule has 0 atom stereocenters. The minimum absolute atomic E-state index is 0.184. The number of rotatable bonds is 3. The van der Waals surface area contributed by atoms with Crippen LogP contribution in [0.5, 0.6) is 0 Å². The standard InChI is InChI=1S/C19H22BrNO3/c1-13-16(17(22)21-12-14-8-4-5-9-15(14)20)19(24-18(13)23)10-6-2-3-7-11-19/h4-5,8-9H,2-3,6-7,10-12H2,1H3,(H,21,22). The van der Waals surface area contributed by atoms with Gasteiger partial charge in [-0.2, -0.15) is 0 Å². The van der Waals surface area contributed by atoms with Crippen molar-refractivity contribution in [2.45, 2.75) is 57.6 Å². The van der Waals surface area contributed by atoms with E-state index in [4.69, 9.17) is 4.74 Å². The lowest BCUT2D eigenvalue weighted by atomic mass is 9.84. The van der Waals surface area contributed by atoms with Crippen LogP contribution in [0.15, 0.2) is 39.9 Å². The number of carbonyl (C=O) groups excluding carboxylic acids is 2. The average Bonchev–Trinajstić information content (AvgIpc) is 2.70. The van der Waals surface area contributed by atoms with Crippen molar-refractivity contribution in [3.63, 3.8) is 0 Å². The van der Waals surface area contributed by atoms with Gasteiger partial charge in [0.2, 0.25) is 0 Å². The summed E-state index contributed by atoms with van der Waals surface area (Å²) in [4.78, 5) is 25.0. The quantitative estimate of drug-likeness (QED) is 0.791. The largest absolute Gasteiger partial charge is 0.451 e. The Kier molecular flexibility index (Phi) is 5.09. The third kappa shape index (κ3) is 3.27. The molecule has 0 bridgehead atoms. The lowest BCUT2D eigenvalue weighted by Gasteiger charge is -2.29. The van der Waals surface area contributed by atoms with E-state index in [1.54, 1.807) is 6.92 Å². The molecule has 3 rings (SSSR count). The van der Waals surface area contributed by atoms with E-state index in [9.17, 15) is 9.59 Å². The molecule has 24 heavy (non-hydrogen) atoms. The topological polar surface area (TPSA) is 55.4 Å². The second-order valence-corrected chi connectivity index (χ2v) is 7.43. The number of carbonyl (C=O) groups is 2. The van der Waals surface area contributed by atoms with E-state index >= 15 is 0 Å². The Morgan fingerprint density at radius 2 is 1.88 bits per heavy atom. The van der Waals surface area contributed by atoms with E-state index in [0.717, 1.165) is 48.6 Å². The minimum atomic E-state index is -0.713. The molecule has 1 N–H and O–H groups in total. The molecule has 128 valence electrons. The van der Waals surface area contributed by atoms with Crippen molar-refractivity contribution in [1.29, 1.82) is 0 Å². The fourth-order valence-corrected chi connectivity index (χ4v) is 4.11. The van der Waals surface area contributed by atoms with Crippen molar-refractivity contribution in [3.8, 4) is 0 Å². The van der Waals surface area contributed by atoms with Crippen molar-refractivity contribution >= 4 is 27.8 Å². The Morgan fingerprint density at radius 3 is 2.54 bits per heavy atom. The van der Waals surface area contributed by atoms with E-state index in [1.165, 1.54) is 0 Å². The number of esters is 1. The Morgan fingerprint density at radius 1 is 1.21 bits per heavy atom. The number of amides is 1. The summed E-state index contributed by atoms with van der Waals surface area (Å²) < 4.78 is 6.67. The molecule has 4 nitrogen and oxygen atoms in total. The van der Waals surface area contributed by atoms with E-state index in [2.05, 4.69) is 21.2 Å². The summed E-state index contributed by atoms with van der Waals surface area (Å²) in [5.41, 5.74) is 1.29. The lowest BCUT2D eigenvalue weighted by molar-refractivity contribution is -0.148. The molecule has 5 heteroatoms. The molecule has 1 aromatic carbocycles. The Balaban J connectivity index is 1.80. The first-order chi connectivity index (χ1) is 11.5. The van der Waals surface area contributed by atoms with Gasteiger partial charge in [0.15, 0.2) is 0 Å². The first-order valence-corrected chi connectivity index (χ1v) is 9.29. The Labute approximate surface area is 150 Å². The Hall–Kier alpha value is -1.62. The van der Waals surface area contributed by atoms with E-state index in [1.807, 2.05) is 24.3 Å². The zero-order valence-electron chi connectivity index (χ0n) is 13.9. The maximum Gasteiger partial charge on any atom is 0.335 e. The van der Waals surface area contributed by atoms with Crippen LogP contribution >= 0.6 is 15.9 Å². The number of halogens is 1. The molecule has 1 aromatic rings. The molecule has 1 spiro atoms. The fourth-order valence-electron chi connectivity index (χ4n) is 3.68. The van der Waals surface area contributed by atoms with Crippen LogP contribution in [-0.2, 0) is 20.9 Å². The molecule has 0 unspecified atom stereocenters. The second kappa shape index (κ2) is 7.09. The van der Waals surface area contributed by atoms with Crippen LogP contribution < -0.4 is 5.32 Å². The molecule has 1 heterocycles. The molecule has 0 aromatic heterocycles. The summed E-state index contributed by atoms with van der Waals surface area (Å²) in [6.45, 7) is 2.12. The number of benzene rings is 1. The van der Waals surface area contributed by atoms with Crippen molar-refractivity contribution in [2.24, 2.45) is 0 Å². The number of hydrogen-bond donors (Lipinski definition) is 1. The number of ether oxygens (including phenoxy) is 1. The van der Waals surface area contributed by atoms with Crippen molar-refractivity contribution in [3.05, 3.63) is 45.4 Å². The normalized spacial score (nSPS) is 20.0. The predicted molar refractivity (Wildman–Crippen MR) is 95.2 cm³/mol. The molecule has 1 fully saturated rings. The van der Waals surface area contributed by atoms with Gasteiger partial charge in [-0.15, -0.1) is 0 Å². The number of hydrogen-bond acceptors (Lipinski definition) is 3. The summed E-state index contributed by atoms with van der Waals surface area (Å²) in [6.07, 6.45) is 5.72. The second-order valence-electron chi connectivity index (χ2n) is 6.57. The van der Waals surface area contributed by atoms with Gasteiger partial charge in [-0.25, -0.2) is 4.79 Å². The van der Waals surface area contributed by atoms with Gasteiger partial charge in [0.25, 0.3) is 5.91 Å². The van der Waals surface area contributed by atoms with Gasteiger partial charge < -0.3 is 10.1 Å². The summed E-state index contributed by atoms with van der Waals surface area (Å²) in [6, 6.07) is 7.78. The van der Waals surface area contributed by atoms with Gasteiger partial charge in [0, 0.05) is 16.6 Å². The highest BCUT2D eigenvalue weighted by atomic mass is 79.9. The van der Waals surface area contributed by atoms with E-state index in [-0.39, 0.29) is 11.9 Å². The highest BCUT2D eigenvalue weighted by Crippen LogP contribution is 2.42. The SMILES string of the molecule is CC1=C(C(=O)NCc2ccccc2Br)C2(CCCCCC2)OC1=O. The molecular weight excluding hydrogens is 370 g/mol. The molecule has 0 saturated heterocycles. The van der Waals surface area contributed by atoms with Gasteiger partial charge in [0.1, 0.15) is 5.60 Å². The van der Waals surface area contributed by atoms with Crippen LogP contribution in [0.4, 0.5) is 0 Å². The lowest BCUT2D eigenvalue weighted by Crippen LogP contribution is -2.39. The monoisotopic (exact) mass is 391 g/mol. The van der Waals surface area contributed by atoms with Crippen molar-refractivity contribution in [1.82, 2.24) is 5.32 Å². The summed E-state index contributed by atoms with van der Waals surface area (Å²) in [7, 11) is 0. The third-order valence-corrected chi connectivity index (χ3v) is 5.73. The van der Waals surface area contributed by atoms with Crippen LogP contribution in [0.1, 0.15) is 51.0 Å². The zero-order valence-corrected chi connectivity index (χ0v) is 15.4. The van der Waals surface area contributed by atoms with Gasteiger partial charge in [-0.3, -0.25) is 4.79 Å². The van der Waals surface area contributed by atoms with Crippen molar-refractivity contribution < 1.29 is 14.3 Å². The first kappa shape index (κ1) is 17.2. The maximum atomic E-state index is 12.9. The smallest absolute Gasteiger partial charge is 0.335 e. The van der Waals surface area contributed by atoms with Gasteiger partial charge in [0.05, 0.1) is 5.57 Å². The zero-order chi connectivity index (χ0) is 17.2. The average molecular weight is 392 g/mol. The highest BCUT2D eigenvalue weighted by molar-refractivity contribution is 9.10. The van der Waals surface area contributed by atoms with Crippen LogP contribution in [0.3, 0.4) is 0 Å². The van der Waals surface area contributed by atoms with Crippen LogP contribution in [-0.4, -0.2) is 17.5 Å². The van der Waals surface area contributed by atoms with Gasteiger partial charge in [-0.1, -0.05) is 47.0 Å². The molecule has 2 aliphatic rings. The Bertz CT molecular complexity index is 688. The predicted octanol–water partition coefficient (Wildman–Crippen LogP) is 4.03. The van der Waals surface area contributed by atoms with Crippen LogP contribution in [0.25, 0.3) is 0 Å². The molecule has 1 aliphatic carbocycles. The maximum absolute atomic E-state index is 12.9. The van der Waals surface area contributed by atoms with Gasteiger partial charge in [-0.05, 0) is 44.2 Å². The number of nitrogens with one attached hydrogen (secondary N) is 1.